The lowest BCUT2D eigenvalue weighted by molar-refractivity contribution is -0.116. The molecular formula is C19H14FN3O3S. The molecule has 4 aromatic rings. The summed E-state index contributed by atoms with van der Waals surface area (Å²) < 4.78 is 21.4. The smallest absolute Gasteiger partial charge is 0.271 e. The third-order valence-corrected chi connectivity index (χ3v) is 5.22. The second-order valence-corrected chi connectivity index (χ2v) is 6.90. The van der Waals surface area contributed by atoms with Crippen LogP contribution in [-0.4, -0.2) is 22.6 Å². The number of carbonyl (C=O) groups is 1. The van der Waals surface area contributed by atoms with Gasteiger partial charge in [-0.25, -0.2) is 9.37 Å². The van der Waals surface area contributed by atoms with Gasteiger partial charge < -0.3 is 10.1 Å². The maximum atomic E-state index is 14.1. The molecule has 1 N–H and O–H groups in total. The number of aromatic nitrogens is 2. The van der Waals surface area contributed by atoms with Crippen molar-refractivity contribution in [3.05, 3.63) is 65.0 Å². The minimum Gasteiger partial charge on any atom is -0.497 e. The minimum atomic E-state index is -0.417. The lowest BCUT2D eigenvalue weighted by Crippen LogP contribution is -2.27. The predicted octanol–water partition coefficient (Wildman–Crippen LogP) is 3.40. The first-order valence-corrected chi connectivity index (χ1v) is 8.88. The maximum Gasteiger partial charge on any atom is 0.271 e. The quantitative estimate of drug-likeness (QED) is 0.586. The maximum absolute atomic E-state index is 14.1. The molecule has 136 valence electrons. The average molecular weight is 383 g/mol. The highest BCUT2D eigenvalue weighted by molar-refractivity contribution is 7.25. The zero-order chi connectivity index (χ0) is 19.0. The highest BCUT2D eigenvalue weighted by atomic mass is 32.1. The van der Waals surface area contributed by atoms with E-state index in [4.69, 9.17) is 4.74 Å². The van der Waals surface area contributed by atoms with Gasteiger partial charge in [0.25, 0.3) is 5.56 Å². The number of nitrogens with one attached hydrogen (secondary N) is 1. The topological polar surface area (TPSA) is 73.2 Å². The summed E-state index contributed by atoms with van der Waals surface area (Å²) in [6, 6.07) is 11.6. The lowest BCUT2D eigenvalue weighted by atomic mass is 10.2. The van der Waals surface area contributed by atoms with Crippen molar-refractivity contribution in [2.75, 3.05) is 12.4 Å². The summed E-state index contributed by atoms with van der Waals surface area (Å²) in [5, 5.41) is 3.05. The van der Waals surface area contributed by atoms with Crippen molar-refractivity contribution in [3.63, 3.8) is 0 Å². The molecule has 27 heavy (non-hydrogen) atoms. The standard InChI is InChI=1S/C19H14FN3O3S/c1-26-12-5-2-4-11(8-12)22-15(24)9-23-10-21-17-16-13(20)6-3-7-14(16)27-18(17)19(23)25/h2-8,10H,9H2,1H3,(H,22,24). The zero-order valence-electron chi connectivity index (χ0n) is 14.2. The van der Waals surface area contributed by atoms with Crippen LogP contribution in [0.4, 0.5) is 10.1 Å². The van der Waals surface area contributed by atoms with Crippen LogP contribution in [-0.2, 0) is 11.3 Å². The van der Waals surface area contributed by atoms with E-state index in [1.807, 2.05) is 0 Å². The molecule has 8 heteroatoms. The van der Waals surface area contributed by atoms with Crippen molar-refractivity contribution in [1.82, 2.24) is 9.55 Å². The van der Waals surface area contributed by atoms with Gasteiger partial charge in [-0.3, -0.25) is 14.2 Å². The van der Waals surface area contributed by atoms with Crippen LogP contribution in [0.3, 0.4) is 0 Å². The van der Waals surface area contributed by atoms with E-state index in [0.717, 1.165) is 0 Å². The van der Waals surface area contributed by atoms with E-state index in [-0.39, 0.29) is 18.0 Å². The van der Waals surface area contributed by atoms with Gasteiger partial charge in [-0.1, -0.05) is 12.1 Å². The van der Waals surface area contributed by atoms with Crippen LogP contribution in [0.2, 0.25) is 0 Å². The molecule has 0 bridgehead atoms. The summed E-state index contributed by atoms with van der Waals surface area (Å²) in [5.74, 6) is -0.182. The SMILES string of the molecule is COc1cccc(NC(=O)Cn2cnc3c(sc4cccc(F)c43)c2=O)c1. The minimum absolute atomic E-state index is 0.199. The van der Waals surface area contributed by atoms with Gasteiger partial charge in [0.15, 0.2) is 0 Å². The summed E-state index contributed by atoms with van der Waals surface area (Å²) in [4.78, 5) is 29.2. The van der Waals surface area contributed by atoms with Gasteiger partial charge in [0.2, 0.25) is 5.91 Å². The molecule has 0 unspecified atom stereocenters. The number of carbonyl (C=O) groups excluding carboxylic acids is 1. The van der Waals surface area contributed by atoms with E-state index < -0.39 is 5.82 Å². The largest absolute Gasteiger partial charge is 0.497 e. The van der Waals surface area contributed by atoms with Crippen LogP contribution >= 0.6 is 11.3 Å². The Morgan fingerprint density at radius 3 is 2.93 bits per heavy atom. The number of fused-ring (bicyclic) bond motifs is 3. The number of thiophene rings is 1. The number of hydrogen-bond acceptors (Lipinski definition) is 5. The Labute approximate surface area is 156 Å². The number of benzene rings is 2. The van der Waals surface area contributed by atoms with Crippen molar-refractivity contribution in [1.29, 1.82) is 0 Å². The average Bonchev–Trinajstić information content (AvgIpc) is 3.05. The van der Waals surface area contributed by atoms with Crippen LogP contribution in [0.25, 0.3) is 20.3 Å². The molecule has 1 amide bonds. The second kappa shape index (κ2) is 6.81. The van der Waals surface area contributed by atoms with E-state index in [2.05, 4.69) is 10.3 Å². The number of ether oxygens (including phenoxy) is 1. The Kier molecular flexibility index (Phi) is 4.33. The Hall–Kier alpha value is -3.26. The van der Waals surface area contributed by atoms with Crippen molar-refractivity contribution in [3.8, 4) is 5.75 Å². The third-order valence-electron chi connectivity index (χ3n) is 4.09. The van der Waals surface area contributed by atoms with Gasteiger partial charge >= 0.3 is 0 Å². The highest BCUT2D eigenvalue weighted by Gasteiger charge is 2.15. The number of anilines is 1. The number of rotatable bonds is 4. The molecule has 0 radical (unpaired) electrons. The molecule has 4 rings (SSSR count). The Morgan fingerprint density at radius 2 is 2.11 bits per heavy atom. The zero-order valence-corrected chi connectivity index (χ0v) is 15.0. The number of hydrogen-bond donors (Lipinski definition) is 1. The first-order chi connectivity index (χ1) is 13.1. The first kappa shape index (κ1) is 17.2. The summed E-state index contributed by atoms with van der Waals surface area (Å²) in [7, 11) is 1.54. The van der Waals surface area contributed by atoms with Gasteiger partial charge in [0.1, 0.15) is 22.8 Å². The first-order valence-electron chi connectivity index (χ1n) is 8.07. The highest BCUT2D eigenvalue weighted by Crippen LogP contribution is 2.31. The predicted molar refractivity (Wildman–Crippen MR) is 103 cm³/mol. The normalized spacial score (nSPS) is 11.0. The van der Waals surface area contributed by atoms with E-state index >= 15 is 0 Å². The Bertz CT molecular complexity index is 1230. The van der Waals surface area contributed by atoms with Gasteiger partial charge in [0, 0.05) is 16.5 Å². The van der Waals surface area contributed by atoms with E-state index in [9.17, 15) is 14.0 Å². The van der Waals surface area contributed by atoms with Gasteiger partial charge in [-0.15, -0.1) is 11.3 Å². The summed E-state index contributed by atoms with van der Waals surface area (Å²) in [6.07, 6.45) is 1.27. The Balaban J connectivity index is 1.65. The summed E-state index contributed by atoms with van der Waals surface area (Å²) in [6.45, 7) is -0.199. The molecule has 0 aliphatic rings. The fourth-order valence-electron chi connectivity index (χ4n) is 2.84. The monoisotopic (exact) mass is 383 g/mol. The molecule has 0 aliphatic carbocycles. The van der Waals surface area contributed by atoms with Crippen molar-refractivity contribution < 1.29 is 13.9 Å². The van der Waals surface area contributed by atoms with Crippen LogP contribution in [0.1, 0.15) is 0 Å². The molecule has 2 aromatic heterocycles. The fourth-order valence-corrected chi connectivity index (χ4v) is 3.96. The third kappa shape index (κ3) is 3.15. The van der Waals surface area contributed by atoms with E-state index in [1.54, 1.807) is 36.4 Å². The molecule has 2 aromatic carbocycles. The lowest BCUT2D eigenvalue weighted by Gasteiger charge is -2.08. The molecule has 0 fully saturated rings. The van der Waals surface area contributed by atoms with E-state index in [0.29, 0.717) is 31.7 Å². The molecule has 0 saturated heterocycles. The molecule has 0 spiro atoms. The van der Waals surface area contributed by atoms with Gasteiger partial charge in [-0.2, -0.15) is 0 Å². The summed E-state index contributed by atoms with van der Waals surface area (Å²) in [5.41, 5.74) is 0.509. The van der Waals surface area contributed by atoms with Gasteiger partial charge in [-0.05, 0) is 24.3 Å². The Morgan fingerprint density at radius 1 is 1.30 bits per heavy atom. The van der Waals surface area contributed by atoms with Crippen molar-refractivity contribution in [2.24, 2.45) is 0 Å². The second-order valence-electron chi connectivity index (χ2n) is 5.85. The van der Waals surface area contributed by atoms with Crippen molar-refractivity contribution >= 4 is 43.2 Å². The van der Waals surface area contributed by atoms with Crippen LogP contribution in [0, 0.1) is 5.82 Å². The fraction of sp³-hybridized carbons (Fsp3) is 0.105. The number of nitrogens with zero attached hydrogens (tertiary/aromatic N) is 2. The molecule has 0 aliphatic heterocycles. The molecular weight excluding hydrogens is 369 g/mol. The summed E-state index contributed by atoms with van der Waals surface area (Å²) >= 11 is 1.17. The van der Waals surface area contributed by atoms with Crippen LogP contribution < -0.4 is 15.6 Å². The van der Waals surface area contributed by atoms with E-state index in [1.165, 1.54) is 35.4 Å². The number of methoxy groups -OCH3 is 1. The molecule has 0 saturated carbocycles. The number of amides is 1. The molecule has 2 heterocycles. The number of halogens is 1. The molecule has 0 atom stereocenters. The van der Waals surface area contributed by atoms with Crippen molar-refractivity contribution in [2.45, 2.75) is 6.54 Å². The van der Waals surface area contributed by atoms with Crippen LogP contribution in [0.15, 0.2) is 53.6 Å². The van der Waals surface area contributed by atoms with Gasteiger partial charge in [0.05, 0.1) is 24.3 Å². The van der Waals surface area contributed by atoms with Crippen LogP contribution in [0.5, 0.6) is 5.75 Å². The molecule has 6 nitrogen and oxygen atoms in total.